The Balaban J connectivity index is 2.05. The average molecular weight is 231 g/mol. The Kier molecular flexibility index (Phi) is 3.27. The van der Waals surface area contributed by atoms with Crippen molar-refractivity contribution in [3.05, 3.63) is 35.4 Å². The second-order valence-corrected chi connectivity index (χ2v) is 4.85. The summed E-state index contributed by atoms with van der Waals surface area (Å²) in [4.78, 5) is 23.3. The fraction of sp³-hybridized carbons (Fsp3) is 0.429. The largest absolute Gasteiger partial charge is 0.346 e. The molecular formula is C14H17NO2. The van der Waals surface area contributed by atoms with Crippen LogP contribution in [0, 0.1) is 0 Å². The number of carbonyl (C=O) groups is 2. The topological polar surface area (TPSA) is 46.2 Å². The van der Waals surface area contributed by atoms with Crippen molar-refractivity contribution < 1.29 is 9.59 Å². The molecule has 1 aromatic rings. The van der Waals surface area contributed by atoms with Crippen LogP contribution in [0.4, 0.5) is 0 Å². The van der Waals surface area contributed by atoms with E-state index in [4.69, 9.17) is 0 Å². The molecule has 1 saturated carbocycles. The highest BCUT2D eigenvalue weighted by Gasteiger charge is 2.26. The molecule has 1 aromatic carbocycles. The van der Waals surface area contributed by atoms with Gasteiger partial charge in [-0.15, -0.1) is 0 Å². The van der Waals surface area contributed by atoms with Crippen molar-refractivity contribution in [1.29, 1.82) is 0 Å². The summed E-state index contributed by atoms with van der Waals surface area (Å²) >= 11 is 0. The molecule has 0 radical (unpaired) electrons. The molecule has 1 amide bonds. The van der Waals surface area contributed by atoms with Crippen molar-refractivity contribution in [1.82, 2.24) is 5.32 Å². The Morgan fingerprint density at radius 1 is 1.18 bits per heavy atom. The molecule has 3 nitrogen and oxygen atoms in total. The number of rotatable bonds is 4. The van der Waals surface area contributed by atoms with E-state index in [1.807, 2.05) is 12.1 Å². The van der Waals surface area contributed by atoms with Crippen LogP contribution in [0.25, 0.3) is 0 Å². The molecule has 3 heteroatoms. The van der Waals surface area contributed by atoms with Gasteiger partial charge in [-0.3, -0.25) is 9.59 Å². The molecule has 0 heterocycles. The third-order valence-corrected chi connectivity index (χ3v) is 2.96. The van der Waals surface area contributed by atoms with Gasteiger partial charge in [0.2, 0.25) is 5.78 Å². The lowest BCUT2D eigenvalue weighted by atomic mass is 10.0. The number of amides is 1. The number of Topliss-reactive ketones (excluding diaryl/α,β-unsaturated/α-hetero) is 1. The third-order valence-electron chi connectivity index (χ3n) is 2.96. The van der Waals surface area contributed by atoms with Gasteiger partial charge < -0.3 is 5.32 Å². The molecule has 1 fully saturated rings. The van der Waals surface area contributed by atoms with E-state index >= 15 is 0 Å². The first-order chi connectivity index (χ1) is 8.08. The van der Waals surface area contributed by atoms with E-state index < -0.39 is 11.7 Å². The summed E-state index contributed by atoms with van der Waals surface area (Å²) < 4.78 is 0. The summed E-state index contributed by atoms with van der Waals surface area (Å²) in [5.41, 5.74) is 1.64. The first-order valence-electron chi connectivity index (χ1n) is 6.03. The van der Waals surface area contributed by atoms with Gasteiger partial charge in [-0.2, -0.15) is 0 Å². The maximum Gasteiger partial charge on any atom is 0.292 e. The summed E-state index contributed by atoms with van der Waals surface area (Å²) in [6.45, 7) is 4.19. The fourth-order valence-electron chi connectivity index (χ4n) is 1.63. The monoisotopic (exact) mass is 231 g/mol. The summed E-state index contributed by atoms with van der Waals surface area (Å²) in [7, 11) is 0. The number of hydrogen-bond donors (Lipinski definition) is 1. The van der Waals surface area contributed by atoms with E-state index in [1.54, 1.807) is 12.1 Å². The first kappa shape index (κ1) is 11.8. The van der Waals surface area contributed by atoms with Gasteiger partial charge in [-0.25, -0.2) is 0 Å². The van der Waals surface area contributed by atoms with Crippen LogP contribution in [-0.4, -0.2) is 17.7 Å². The van der Waals surface area contributed by atoms with Crippen LogP contribution < -0.4 is 5.32 Å². The maximum absolute atomic E-state index is 11.8. The van der Waals surface area contributed by atoms with Crippen LogP contribution in [0.2, 0.25) is 0 Å². The predicted octanol–water partition coefficient (Wildman–Crippen LogP) is 2.27. The van der Waals surface area contributed by atoms with Crippen molar-refractivity contribution in [3.8, 4) is 0 Å². The highest BCUT2D eigenvalue weighted by atomic mass is 16.2. The first-order valence-corrected chi connectivity index (χ1v) is 6.03. The third kappa shape index (κ3) is 2.93. The minimum atomic E-state index is -0.482. The van der Waals surface area contributed by atoms with Crippen LogP contribution in [0.5, 0.6) is 0 Å². The standard InChI is InChI=1S/C14H17NO2/c1-9(2)10-3-5-11(6-4-10)13(16)14(17)15-12-7-8-12/h3-6,9,12H,7-8H2,1-2H3,(H,15,17). The lowest BCUT2D eigenvalue weighted by Crippen LogP contribution is -2.32. The van der Waals surface area contributed by atoms with Crippen molar-refractivity contribution in [3.63, 3.8) is 0 Å². The van der Waals surface area contributed by atoms with E-state index in [0.717, 1.165) is 12.8 Å². The highest BCUT2D eigenvalue weighted by molar-refractivity contribution is 6.42. The second-order valence-electron chi connectivity index (χ2n) is 4.85. The Hall–Kier alpha value is -1.64. The molecule has 0 saturated heterocycles. The average Bonchev–Trinajstić information content (AvgIpc) is 3.12. The minimum absolute atomic E-state index is 0.224. The maximum atomic E-state index is 11.8. The fourth-order valence-corrected chi connectivity index (χ4v) is 1.63. The molecule has 0 aliphatic heterocycles. The molecule has 2 rings (SSSR count). The van der Waals surface area contributed by atoms with Crippen LogP contribution in [-0.2, 0) is 4.79 Å². The Bertz CT molecular complexity index is 430. The second kappa shape index (κ2) is 4.70. The minimum Gasteiger partial charge on any atom is -0.346 e. The van der Waals surface area contributed by atoms with Gasteiger partial charge >= 0.3 is 0 Å². The smallest absolute Gasteiger partial charge is 0.292 e. The summed E-state index contributed by atoms with van der Waals surface area (Å²) in [5.74, 6) is -0.489. The van der Waals surface area contributed by atoms with Gasteiger partial charge in [0.15, 0.2) is 0 Å². The van der Waals surface area contributed by atoms with Crippen LogP contribution in [0.3, 0.4) is 0 Å². The van der Waals surface area contributed by atoms with Gasteiger partial charge in [0.05, 0.1) is 0 Å². The molecule has 1 aliphatic rings. The summed E-state index contributed by atoms with van der Waals surface area (Å²) in [6.07, 6.45) is 1.98. The molecule has 1 N–H and O–H groups in total. The van der Waals surface area contributed by atoms with Crippen molar-refractivity contribution in [2.45, 2.75) is 38.6 Å². The number of hydrogen-bond acceptors (Lipinski definition) is 2. The molecule has 1 aliphatic carbocycles. The van der Waals surface area contributed by atoms with Crippen LogP contribution >= 0.6 is 0 Å². The quantitative estimate of drug-likeness (QED) is 0.638. The van der Waals surface area contributed by atoms with Gasteiger partial charge in [0, 0.05) is 11.6 Å². The molecule has 0 unspecified atom stereocenters. The Morgan fingerprint density at radius 3 is 2.24 bits per heavy atom. The Labute approximate surface area is 101 Å². The van der Waals surface area contributed by atoms with Crippen LogP contribution in [0.1, 0.15) is 48.5 Å². The summed E-state index contributed by atoms with van der Waals surface area (Å²) in [6, 6.07) is 7.49. The molecule has 0 spiro atoms. The van der Waals surface area contributed by atoms with E-state index in [2.05, 4.69) is 19.2 Å². The van der Waals surface area contributed by atoms with Gasteiger partial charge in [0.1, 0.15) is 0 Å². The lowest BCUT2D eigenvalue weighted by Gasteiger charge is -2.06. The lowest BCUT2D eigenvalue weighted by molar-refractivity contribution is -0.117. The van der Waals surface area contributed by atoms with E-state index in [9.17, 15) is 9.59 Å². The molecule has 90 valence electrons. The van der Waals surface area contributed by atoms with E-state index in [0.29, 0.717) is 11.5 Å². The number of carbonyl (C=O) groups excluding carboxylic acids is 2. The van der Waals surface area contributed by atoms with E-state index in [-0.39, 0.29) is 6.04 Å². The number of ketones is 1. The zero-order valence-corrected chi connectivity index (χ0v) is 10.2. The number of benzene rings is 1. The Morgan fingerprint density at radius 2 is 1.76 bits per heavy atom. The van der Waals surface area contributed by atoms with Gasteiger partial charge in [-0.1, -0.05) is 38.1 Å². The van der Waals surface area contributed by atoms with Gasteiger partial charge in [-0.05, 0) is 24.3 Å². The van der Waals surface area contributed by atoms with Crippen LogP contribution in [0.15, 0.2) is 24.3 Å². The SMILES string of the molecule is CC(C)c1ccc(C(=O)C(=O)NC2CC2)cc1. The van der Waals surface area contributed by atoms with E-state index in [1.165, 1.54) is 5.56 Å². The van der Waals surface area contributed by atoms with Crippen molar-refractivity contribution >= 4 is 11.7 Å². The predicted molar refractivity (Wildman–Crippen MR) is 66.0 cm³/mol. The molecule has 0 bridgehead atoms. The highest BCUT2D eigenvalue weighted by Crippen LogP contribution is 2.19. The normalized spacial score (nSPS) is 14.8. The zero-order chi connectivity index (χ0) is 12.4. The van der Waals surface area contributed by atoms with Crippen molar-refractivity contribution in [2.75, 3.05) is 0 Å². The van der Waals surface area contributed by atoms with Crippen molar-refractivity contribution in [2.24, 2.45) is 0 Å². The summed E-state index contributed by atoms with van der Waals surface area (Å²) in [5, 5.41) is 2.70. The molecular weight excluding hydrogens is 214 g/mol. The zero-order valence-electron chi connectivity index (χ0n) is 10.2. The molecule has 17 heavy (non-hydrogen) atoms. The molecule has 0 atom stereocenters. The number of nitrogens with one attached hydrogen (secondary N) is 1. The van der Waals surface area contributed by atoms with Gasteiger partial charge in [0.25, 0.3) is 5.91 Å². The molecule has 0 aromatic heterocycles.